The molecule has 0 fully saturated rings. The van der Waals surface area contributed by atoms with Crippen molar-refractivity contribution >= 4 is 11.9 Å². The Morgan fingerprint density at radius 3 is 2.19 bits per heavy atom. The van der Waals surface area contributed by atoms with Gasteiger partial charge in [0, 0.05) is 6.54 Å². The van der Waals surface area contributed by atoms with Gasteiger partial charge in [0.25, 0.3) is 0 Å². The molecule has 0 aromatic carbocycles. The molecule has 1 unspecified atom stereocenters. The van der Waals surface area contributed by atoms with Crippen LogP contribution in [0.15, 0.2) is 0 Å². The minimum atomic E-state index is -1.11. The van der Waals surface area contributed by atoms with Gasteiger partial charge in [-0.2, -0.15) is 0 Å². The fraction of sp³-hybridized carbons (Fsp3) is 0.778. The van der Waals surface area contributed by atoms with Gasteiger partial charge in [-0.25, -0.2) is 0 Å². The number of rotatable bonds is 6. The van der Waals surface area contributed by atoms with Gasteiger partial charge in [-0.15, -0.1) is 0 Å². The predicted octanol–water partition coefficient (Wildman–Crippen LogP) is -1.78. The smallest absolute Gasteiger partial charge is 0.322 e. The minimum Gasteiger partial charge on any atom is -0.480 e. The number of nitrogens with one attached hydrogen (secondary N) is 1. The number of unbranched alkanes of at least 4 members (excludes halogenated alkanes) is 1. The van der Waals surface area contributed by atoms with Crippen LogP contribution in [0.3, 0.4) is 0 Å². The molecule has 0 spiro atoms. The van der Waals surface area contributed by atoms with Crippen molar-refractivity contribution in [1.82, 2.24) is 5.32 Å². The van der Waals surface area contributed by atoms with Gasteiger partial charge in [-0.1, -0.05) is 13.3 Å². The average molecular weight is 234 g/mol. The third kappa shape index (κ3) is 12.8. The summed E-state index contributed by atoms with van der Waals surface area (Å²) in [6, 6.07) is -0.825. The van der Waals surface area contributed by atoms with Crippen molar-refractivity contribution < 1.29 is 14.7 Å². The van der Waals surface area contributed by atoms with Crippen LogP contribution in [0.25, 0.3) is 0 Å². The SMILES string of the molecule is CCCCN.NCC(N)C(=O)NCC(=O)O. The quantitative estimate of drug-likeness (QED) is 0.367. The van der Waals surface area contributed by atoms with Gasteiger partial charge in [-0.05, 0) is 13.0 Å². The van der Waals surface area contributed by atoms with Gasteiger partial charge in [0.2, 0.25) is 5.91 Å². The summed E-state index contributed by atoms with van der Waals surface area (Å²) >= 11 is 0. The van der Waals surface area contributed by atoms with Crippen molar-refractivity contribution in [3.05, 3.63) is 0 Å². The van der Waals surface area contributed by atoms with E-state index < -0.39 is 24.5 Å². The van der Waals surface area contributed by atoms with Crippen LogP contribution in [0.2, 0.25) is 0 Å². The van der Waals surface area contributed by atoms with E-state index in [1.54, 1.807) is 0 Å². The summed E-state index contributed by atoms with van der Waals surface area (Å²) in [6.45, 7) is 2.56. The lowest BCUT2D eigenvalue weighted by Crippen LogP contribution is -2.46. The summed E-state index contributed by atoms with van der Waals surface area (Å²) in [7, 11) is 0. The molecule has 0 aliphatic rings. The number of hydrogen-bond acceptors (Lipinski definition) is 5. The maximum Gasteiger partial charge on any atom is 0.322 e. The summed E-state index contributed by atoms with van der Waals surface area (Å²) in [5.74, 6) is -1.66. The minimum absolute atomic E-state index is 0.00541. The Labute approximate surface area is 95.4 Å². The molecule has 0 heterocycles. The van der Waals surface area contributed by atoms with Crippen molar-refractivity contribution in [1.29, 1.82) is 0 Å². The second-order valence-electron chi connectivity index (χ2n) is 3.10. The van der Waals surface area contributed by atoms with Crippen LogP contribution in [-0.2, 0) is 9.59 Å². The highest BCUT2D eigenvalue weighted by Gasteiger charge is 2.10. The number of amides is 1. The largest absolute Gasteiger partial charge is 0.480 e. The zero-order valence-electron chi connectivity index (χ0n) is 9.61. The maximum absolute atomic E-state index is 10.7. The second kappa shape index (κ2) is 11.9. The van der Waals surface area contributed by atoms with Crippen LogP contribution < -0.4 is 22.5 Å². The van der Waals surface area contributed by atoms with Crippen molar-refractivity contribution in [3.8, 4) is 0 Å². The molecule has 0 bridgehead atoms. The molecular weight excluding hydrogens is 212 g/mol. The predicted molar refractivity (Wildman–Crippen MR) is 61.6 cm³/mol. The number of aliphatic carboxylic acids is 1. The molecule has 0 aliphatic carbocycles. The summed E-state index contributed by atoms with van der Waals surface area (Å²) < 4.78 is 0. The van der Waals surface area contributed by atoms with E-state index >= 15 is 0 Å². The van der Waals surface area contributed by atoms with Crippen molar-refractivity contribution in [2.75, 3.05) is 19.6 Å². The molecule has 0 saturated heterocycles. The van der Waals surface area contributed by atoms with E-state index in [0.29, 0.717) is 0 Å². The Bertz CT molecular complexity index is 197. The molecule has 0 rings (SSSR count). The van der Waals surface area contributed by atoms with Crippen LogP contribution in [0.4, 0.5) is 0 Å². The third-order valence-corrected chi connectivity index (χ3v) is 1.56. The van der Waals surface area contributed by atoms with Crippen LogP contribution in [-0.4, -0.2) is 42.7 Å². The van der Waals surface area contributed by atoms with E-state index in [0.717, 1.165) is 6.54 Å². The Morgan fingerprint density at radius 2 is 1.94 bits per heavy atom. The fourth-order valence-corrected chi connectivity index (χ4v) is 0.605. The first-order chi connectivity index (χ1) is 7.49. The number of carbonyl (C=O) groups is 2. The number of carboxylic acid groups (broad SMARTS) is 1. The maximum atomic E-state index is 10.7. The van der Waals surface area contributed by atoms with E-state index in [2.05, 4.69) is 12.2 Å². The van der Waals surface area contributed by atoms with Gasteiger partial charge in [0.1, 0.15) is 6.54 Å². The zero-order valence-corrected chi connectivity index (χ0v) is 9.61. The first kappa shape index (κ1) is 17.2. The molecule has 96 valence electrons. The van der Waals surface area contributed by atoms with Gasteiger partial charge < -0.3 is 27.6 Å². The van der Waals surface area contributed by atoms with Gasteiger partial charge in [0.15, 0.2) is 0 Å². The lowest BCUT2D eigenvalue weighted by atomic mass is 10.3. The highest BCUT2D eigenvalue weighted by molar-refractivity contribution is 5.85. The van der Waals surface area contributed by atoms with Gasteiger partial charge in [0.05, 0.1) is 6.04 Å². The van der Waals surface area contributed by atoms with Crippen LogP contribution in [0, 0.1) is 0 Å². The number of carbonyl (C=O) groups excluding carboxylic acids is 1. The molecule has 0 aromatic rings. The van der Waals surface area contributed by atoms with Crippen molar-refractivity contribution in [3.63, 3.8) is 0 Å². The second-order valence-corrected chi connectivity index (χ2v) is 3.10. The molecule has 1 atom stereocenters. The van der Waals surface area contributed by atoms with Crippen LogP contribution in [0.1, 0.15) is 19.8 Å². The standard InChI is InChI=1S/C5H11N3O3.C4H11N/c6-1-3(7)5(11)8-2-4(9)10;1-2-3-4-5/h3H,1-2,6-7H2,(H,8,11)(H,9,10);2-5H2,1H3. The molecule has 7 heteroatoms. The fourth-order valence-electron chi connectivity index (χ4n) is 0.605. The monoisotopic (exact) mass is 234 g/mol. The van der Waals surface area contributed by atoms with Crippen LogP contribution >= 0.6 is 0 Å². The molecular formula is C9H22N4O3. The molecule has 16 heavy (non-hydrogen) atoms. The van der Waals surface area contributed by atoms with Gasteiger partial charge in [-0.3, -0.25) is 9.59 Å². The van der Waals surface area contributed by atoms with Crippen molar-refractivity contribution in [2.45, 2.75) is 25.8 Å². The Balaban J connectivity index is 0. The summed E-state index contributed by atoms with van der Waals surface area (Å²) in [5.41, 5.74) is 15.4. The highest BCUT2D eigenvalue weighted by Crippen LogP contribution is 1.77. The Morgan fingerprint density at radius 1 is 1.38 bits per heavy atom. The summed E-state index contributed by atoms with van der Waals surface area (Å²) in [4.78, 5) is 20.6. The first-order valence-electron chi connectivity index (χ1n) is 5.14. The Hall–Kier alpha value is -1.18. The molecule has 0 aliphatic heterocycles. The molecule has 7 nitrogen and oxygen atoms in total. The number of carboxylic acids is 1. The van der Waals surface area contributed by atoms with E-state index in [4.69, 9.17) is 22.3 Å². The van der Waals surface area contributed by atoms with E-state index in [1.807, 2.05) is 0 Å². The zero-order chi connectivity index (χ0) is 13.0. The van der Waals surface area contributed by atoms with Crippen molar-refractivity contribution in [2.24, 2.45) is 17.2 Å². The summed E-state index contributed by atoms with van der Waals surface area (Å²) in [5, 5.41) is 10.2. The number of nitrogens with two attached hydrogens (primary N) is 3. The van der Waals surface area contributed by atoms with E-state index in [-0.39, 0.29) is 6.54 Å². The average Bonchev–Trinajstić information content (AvgIpc) is 2.26. The van der Waals surface area contributed by atoms with Gasteiger partial charge >= 0.3 is 5.97 Å². The Kier molecular flexibility index (Phi) is 12.8. The molecule has 0 saturated carbocycles. The lowest BCUT2D eigenvalue weighted by Gasteiger charge is -2.06. The molecule has 0 aromatic heterocycles. The highest BCUT2D eigenvalue weighted by atomic mass is 16.4. The lowest BCUT2D eigenvalue weighted by molar-refractivity contribution is -0.138. The van der Waals surface area contributed by atoms with Crippen LogP contribution in [0.5, 0.6) is 0 Å². The van der Waals surface area contributed by atoms with E-state index in [9.17, 15) is 9.59 Å². The number of hydrogen-bond donors (Lipinski definition) is 5. The molecule has 1 amide bonds. The molecule has 8 N–H and O–H groups in total. The van der Waals surface area contributed by atoms with E-state index in [1.165, 1.54) is 12.8 Å². The topological polar surface area (TPSA) is 144 Å². The third-order valence-electron chi connectivity index (χ3n) is 1.56. The normalized spacial score (nSPS) is 11.0. The summed E-state index contributed by atoms with van der Waals surface area (Å²) in [6.07, 6.45) is 2.39. The first-order valence-corrected chi connectivity index (χ1v) is 5.14. The molecule has 0 radical (unpaired) electrons.